The highest BCUT2D eigenvalue weighted by molar-refractivity contribution is 5.94. The highest BCUT2D eigenvalue weighted by atomic mass is 16.6. The Morgan fingerprint density at radius 1 is 0.879 bits per heavy atom. The molecule has 0 saturated carbocycles. The monoisotopic (exact) mass is 457 g/mol. The number of carbonyl (C=O) groups is 3. The fraction of sp³-hybridized carbons (Fsp3) is 0.375. The van der Waals surface area contributed by atoms with Crippen LogP contribution in [0.15, 0.2) is 42.5 Å². The summed E-state index contributed by atoms with van der Waals surface area (Å²) < 4.78 is 15.6. The van der Waals surface area contributed by atoms with Gasteiger partial charge in [0.1, 0.15) is 12.1 Å². The number of amides is 3. The topological polar surface area (TPSA) is 115 Å². The van der Waals surface area contributed by atoms with Crippen LogP contribution in [0.3, 0.4) is 0 Å². The normalized spacial score (nSPS) is 10.7. The molecule has 0 aliphatic heterocycles. The Bertz CT molecular complexity index is 984. The van der Waals surface area contributed by atoms with Gasteiger partial charge in [0.2, 0.25) is 11.8 Å². The number of benzene rings is 2. The van der Waals surface area contributed by atoms with Gasteiger partial charge in [0.25, 0.3) is 0 Å². The van der Waals surface area contributed by atoms with Crippen molar-refractivity contribution in [2.24, 2.45) is 0 Å². The van der Waals surface area contributed by atoms with Gasteiger partial charge in [-0.2, -0.15) is 0 Å². The summed E-state index contributed by atoms with van der Waals surface area (Å²) in [5, 5.41) is 8.00. The third-order valence-electron chi connectivity index (χ3n) is 4.37. The van der Waals surface area contributed by atoms with Gasteiger partial charge in [0, 0.05) is 12.2 Å². The van der Waals surface area contributed by atoms with Crippen LogP contribution in [0, 0.1) is 0 Å². The van der Waals surface area contributed by atoms with E-state index in [0.29, 0.717) is 17.2 Å². The van der Waals surface area contributed by atoms with E-state index in [1.165, 1.54) is 7.11 Å². The van der Waals surface area contributed by atoms with E-state index in [0.717, 1.165) is 11.1 Å². The van der Waals surface area contributed by atoms with Crippen LogP contribution in [0.4, 0.5) is 10.5 Å². The largest absolute Gasteiger partial charge is 0.493 e. The van der Waals surface area contributed by atoms with Crippen molar-refractivity contribution in [2.45, 2.75) is 39.3 Å². The lowest BCUT2D eigenvalue weighted by molar-refractivity contribution is -0.120. The Morgan fingerprint density at radius 2 is 1.58 bits per heavy atom. The number of ether oxygens (including phenoxy) is 3. The maximum absolute atomic E-state index is 12.4. The van der Waals surface area contributed by atoms with Crippen LogP contribution in [0.1, 0.15) is 31.9 Å². The lowest BCUT2D eigenvalue weighted by Crippen LogP contribution is -2.37. The number of para-hydroxylation sites is 1. The summed E-state index contributed by atoms with van der Waals surface area (Å²) in [7, 11) is 3.09. The molecule has 2 aromatic carbocycles. The summed E-state index contributed by atoms with van der Waals surface area (Å²) >= 11 is 0. The van der Waals surface area contributed by atoms with Crippen LogP contribution in [0.25, 0.3) is 0 Å². The fourth-order valence-electron chi connectivity index (χ4n) is 2.89. The quantitative estimate of drug-likeness (QED) is 0.533. The Morgan fingerprint density at radius 3 is 2.24 bits per heavy atom. The van der Waals surface area contributed by atoms with E-state index in [1.807, 2.05) is 6.07 Å². The predicted octanol–water partition coefficient (Wildman–Crippen LogP) is 3.03. The summed E-state index contributed by atoms with van der Waals surface area (Å²) in [5.74, 6) is 0.545. The van der Waals surface area contributed by atoms with Crippen LogP contribution in [-0.4, -0.2) is 44.3 Å². The third kappa shape index (κ3) is 8.72. The Kier molecular flexibility index (Phi) is 9.08. The van der Waals surface area contributed by atoms with Gasteiger partial charge in [-0.05, 0) is 50.1 Å². The average molecular weight is 458 g/mol. The zero-order valence-electron chi connectivity index (χ0n) is 19.6. The second-order valence-corrected chi connectivity index (χ2v) is 8.20. The molecule has 9 heteroatoms. The molecule has 0 radical (unpaired) electrons. The molecule has 0 fully saturated rings. The molecule has 3 N–H and O–H groups in total. The van der Waals surface area contributed by atoms with E-state index in [4.69, 9.17) is 14.2 Å². The summed E-state index contributed by atoms with van der Waals surface area (Å²) in [5.41, 5.74) is 1.39. The number of hydrogen-bond acceptors (Lipinski definition) is 6. The molecule has 0 aromatic heterocycles. The maximum Gasteiger partial charge on any atom is 0.408 e. The summed E-state index contributed by atoms with van der Waals surface area (Å²) in [6.45, 7) is 5.20. The number of hydrogen-bond donors (Lipinski definition) is 3. The van der Waals surface area contributed by atoms with Crippen molar-refractivity contribution < 1.29 is 28.6 Å². The first kappa shape index (κ1) is 25.5. The van der Waals surface area contributed by atoms with Gasteiger partial charge in [0.15, 0.2) is 11.5 Å². The van der Waals surface area contributed by atoms with Crippen molar-refractivity contribution in [2.75, 3.05) is 26.1 Å². The molecule has 0 bridgehead atoms. The fourth-order valence-corrected chi connectivity index (χ4v) is 2.89. The lowest BCUT2D eigenvalue weighted by Gasteiger charge is -2.19. The van der Waals surface area contributed by atoms with Gasteiger partial charge in [-0.3, -0.25) is 9.59 Å². The molecule has 0 atom stereocenters. The molecule has 178 valence electrons. The number of alkyl carbamates (subject to hydrolysis) is 1. The van der Waals surface area contributed by atoms with Gasteiger partial charge < -0.3 is 30.2 Å². The van der Waals surface area contributed by atoms with E-state index in [9.17, 15) is 14.4 Å². The van der Waals surface area contributed by atoms with E-state index in [1.54, 1.807) is 64.3 Å². The van der Waals surface area contributed by atoms with Crippen molar-refractivity contribution in [1.82, 2.24) is 10.6 Å². The minimum absolute atomic E-state index is 0.161. The number of carbonyl (C=O) groups excluding carboxylic acids is 3. The zero-order chi connectivity index (χ0) is 24.4. The van der Waals surface area contributed by atoms with Gasteiger partial charge in [-0.15, -0.1) is 0 Å². The van der Waals surface area contributed by atoms with Crippen molar-refractivity contribution in [3.8, 4) is 11.5 Å². The molecule has 33 heavy (non-hydrogen) atoms. The van der Waals surface area contributed by atoms with Crippen LogP contribution < -0.4 is 25.4 Å². The first-order chi connectivity index (χ1) is 15.6. The Labute approximate surface area is 193 Å². The van der Waals surface area contributed by atoms with Gasteiger partial charge in [0.05, 0.1) is 20.6 Å². The minimum atomic E-state index is -0.673. The summed E-state index contributed by atoms with van der Waals surface area (Å²) in [6.07, 6.45) is -0.511. The Hall–Kier alpha value is -3.75. The third-order valence-corrected chi connectivity index (χ3v) is 4.37. The Balaban J connectivity index is 1.90. The van der Waals surface area contributed by atoms with Crippen LogP contribution in [0.5, 0.6) is 11.5 Å². The minimum Gasteiger partial charge on any atom is -0.493 e. The molecular formula is C24H31N3O6. The zero-order valence-corrected chi connectivity index (χ0v) is 19.6. The van der Waals surface area contributed by atoms with Crippen LogP contribution in [0.2, 0.25) is 0 Å². The number of anilines is 1. The molecule has 0 aliphatic carbocycles. The van der Waals surface area contributed by atoms with Crippen molar-refractivity contribution in [1.29, 1.82) is 0 Å². The van der Waals surface area contributed by atoms with Crippen molar-refractivity contribution in [3.05, 3.63) is 53.6 Å². The molecule has 0 saturated heterocycles. The standard InChI is InChI=1S/C24H31N3O6/c1-24(2,3)33-23(30)26-15-22(29)27-18-9-7-6-8-17(18)14-25-21(28)13-16-10-11-19(31-4)20(12-16)32-5/h6-12H,13-15H2,1-5H3,(H,25,28)(H,26,30)(H,27,29). The van der Waals surface area contributed by atoms with Crippen molar-refractivity contribution in [3.63, 3.8) is 0 Å². The molecular weight excluding hydrogens is 426 g/mol. The second kappa shape index (κ2) is 11.8. The number of methoxy groups -OCH3 is 2. The maximum atomic E-state index is 12.4. The lowest BCUT2D eigenvalue weighted by atomic mass is 10.1. The number of nitrogens with one attached hydrogen (secondary N) is 3. The van der Waals surface area contributed by atoms with Crippen molar-refractivity contribution >= 4 is 23.6 Å². The average Bonchev–Trinajstić information content (AvgIpc) is 2.76. The second-order valence-electron chi connectivity index (χ2n) is 8.20. The molecule has 0 spiro atoms. The van der Waals surface area contributed by atoms with Crippen LogP contribution >= 0.6 is 0 Å². The first-order valence-electron chi connectivity index (χ1n) is 10.4. The summed E-state index contributed by atoms with van der Waals surface area (Å²) in [4.78, 5) is 36.4. The van der Waals surface area contributed by atoms with E-state index < -0.39 is 17.6 Å². The number of rotatable bonds is 9. The molecule has 2 aromatic rings. The first-order valence-corrected chi connectivity index (χ1v) is 10.4. The van der Waals surface area contributed by atoms with Crippen LogP contribution in [-0.2, 0) is 27.3 Å². The van der Waals surface area contributed by atoms with Gasteiger partial charge in [-0.1, -0.05) is 24.3 Å². The molecule has 0 heterocycles. The smallest absolute Gasteiger partial charge is 0.408 e. The molecule has 0 unspecified atom stereocenters. The predicted molar refractivity (Wildman–Crippen MR) is 124 cm³/mol. The SMILES string of the molecule is COc1ccc(CC(=O)NCc2ccccc2NC(=O)CNC(=O)OC(C)(C)C)cc1OC. The van der Waals surface area contributed by atoms with E-state index >= 15 is 0 Å². The van der Waals surface area contributed by atoms with E-state index in [2.05, 4.69) is 16.0 Å². The van der Waals surface area contributed by atoms with Gasteiger partial charge >= 0.3 is 6.09 Å². The molecule has 9 nitrogen and oxygen atoms in total. The van der Waals surface area contributed by atoms with Gasteiger partial charge in [-0.25, -0.2) is 4.79 Å². The molecule has 0 aliphatic rings. The summed E-state index contributed by atoms with van der Waals surface area (Å²) in [6, 6.07) is 12.4. The van der Waals surface area contributed by atoms with E-state index in [-0.39, 0.29) is 25.4 Å². The highest BCUT2D eigenvalue weighted by Crippen LogP contribution is 2.27. The highest BCUT2D eigenvalue weighted by Gasteiger charge is 2.17. The molecule has 2 rings (SSSR count). The molecule has 3 amide bonds.